The van der Waals surface area contributed by atoms with Crippen molar-refractivity contribution >= 4 is 27.3 Å². The predicted molar refractivity (Wildman–Crippen MR) is 76.6 cm³/mol. The van der Waals surface area contributed by atoms with Crippen LogP contribution in [-0.4, -0.2) is 0 Å². The zero-order valence-corrected chi connectivity index (χ0v) is 12.8. The molecule has 0 bridgehead atoms. The quantitative estimate of drug-likeness (QED) is 0.621. The summed E-state index contributed by atoms with van der Waals surface area (Å²) >= 11 is 5.87. The van der Waals surface area contributed by atoms with Gasteiger partial charge in [0.25, 0.3) is 0 Å². The SMILES string of the molecule is Cc1cc(C(Br)C2CCC(C)CC2)c(C)s1. The van der Waals surface area contributed by atoms with Crippen LogP contribution in [0.3, 0.4) is 0 Å². The average molecular weight is 301 g/mol. The number of rotatable bonds is 2. The lowest BCUT2D eigenvalue weighted by Crippen LogP contribution is -2.16. The van der Waals surface area contributed by atoms with Gasteiger partial charge in [-0.2, -0.15) is 0 Å². The van der Waals surface area contributed by atoms with Crippen LogP contribution in [0.15, 0.2) is 6.07 Å². The molecule has 1 aromatic rings. The maximum Gasteiger partial charge on any atom is 0.0434 e. The summed E-state index contributed by atoms with van der Waals surface area (Å²) in [6.07, 6.45) is 5.61. The van der Waals surface area contributed by atoms with E-state index in [0.29, 0.717) is 4.83 Å². The summed E-state index contributed by atoms with van der Waals surface area (Å²) in [5.74, 6) is 1.80. The molecule has 1 aromatic heterocycles. The van der Waals surface area contributed by atoms with Gasteiger partial charge in [-0.25, -0.2) is 0 Å². The lowest BCUT2D eigenvalue weighted by molar-refractivity contribution is 0.287. The molecule has 0 aliphatic heterocycles. The second-order valence-corrected chi connectivity index (χ2v) is 7.74. The Hall–Kier alpha value is 0.180. The summed E-state index contributed by atoms with van der Waals surface area (Å²) in [6.45, 7) is 6.86. The Bertz CT molecular complexity index is 348. The van der Waals surface area contributed by atoms with E-state index in [1.165, 1.54) is 35.4 Å². The summed E-state index contributed by atoms with van der Waals surface area (Å²) in [6, 6.07) is 2.37. The maximum absolute atomic E-state index is 3.94. The van der Waals surface area contributed by atoms with E-state index in [1.54, 1.807) is 5.56 Å². The van der Waals surface area contributed by atoms with Crippen LogP contribution < -0.4 is 0 Å². The number of halogens is 1. The molecular formula is C14H21BrS. The second-order valence-electron chi connectivity index (χ2n) is 5.29. The number of hydrogen-bond acceptors (Lipinski definition) is 1. The molecule has 1 aliphatic carbocycles. The van der Waals surface area contributed by atoms with Crippen LogP contribution in [0.1, 0.15) is 52.8 Å². The normalized spacial score (nSPS) is 28.0. The summed E-state index contributed by atoms with van der Waals surface area (Å²) in [7, 11) is 0. The summed E-state index contributed by atoms with van der Waals surface area (Å²) in [4.78, 5) is 3.53. The first-order valence-electron chi connectivity index (χ1n) is 6.29. The molecule has 2 rings (SSSR count). The van der Waals surface area contributed by atoms with Crippen LogP contribution in [0.5, 0.6) is 0 Å². The summed E-state index contributed by atoms with van der Waals surface area (Å²) in [5, 5.41) is 0. The van der Waals surface area contributed by atoms with Crippen molar-refractivity contribution in [1.82, 2.24) is 0 Å². The minimum atomic E-state index is 0.588. The van der Waals surface area contributed by atoms with E-state index < -0.39 is 0 Å². The molecular weight excluding hydrogens is 280 g/mol. The van der Waals surface area contributed by atoms with Gasteiger partial charge in [0, 0.05) is 14.6 Å². The summed E-state index contributed by atoms with van der Waals surface area (Å²) < 4.78 is 0. The van der Waals surface area contributed by atoms with Crippen molar-refractivity contribution in [3.05, 3.63) is 21.4 Å². The monoisotopic (exact) mass is 300 g/mol. The standard InChI is InChI=1S/C14H21BrS/c1-9-4-6-12(7-5-9)14(15)13-8-10(2)16-11(13)3/h8-9,12,14H,4-7H2,1-3H3. The van der Waals surface area contributed by atoms with Gasteiger partial charge in [-0.3, -0.25) is 0 Å². The molecule has 1 saturated carbocycles. The fraction of sp³-hybridized carbons (Fsp3) is 0.714. The summed E-state index contributed by atoms with van der Waals surface area (Å²) in [5.41, 5.74) is 1.54. The average Bonchev–Trinajstić information content (AvgIpc) is 2.58. The second kappa shape index (κ2) is 5.22. The van der Waals surface area contributed by atoms with Crippen molar-refractivity contribution in [2.24, 2.45) is 11.8 Å². The van der Waals surface area contributed by atoms with Crippen LogP contribution in [0.2, 0.25) is 0 Å². The molecule has 1 atom stereocenters. The predicted octanol–water partition coefficient (Wildman–Crippen LogP) is 5.63. The Balaban J connectivity index is 2.07. The molecule has 0 saturated heterocycles. The van der Waals surface area contributed by atoms with Crippen molar-refractivity contribution in [3.63, 3.8) is 0 Å². The van der Waals surface area contributed by atoms with Crippen molar-refractivity contribution in [2.45, 2.75) is 51.3 Å². The molecule has 0 spiro atoms. The van der Waals surface area contributed by atoms with Crippen LogP contribution in [0, 0.1) is 25.7 Å². The van der Waals surface area contributed by atoms with Gasteiger partial charge in [0.1, 0.15) is 0 Å². The molecule has 1 aliphatic rings. The lowest BCUT2D eigenvalue weighted by atomic mass is 9.80. The van der Waals surface area contributed by atoms with E-state index in [2.05, 4.69) is 42.8 Å². The van der Waals surface area contributed by atoms with Crippen molar-refractivity contribution in [1.29, 1.82) is 0 Å². The molecule has 16 heavy (non-hydrogen) atoms. The van der Waals surface area contributed by atoms with Crippen LogP contribution in [0.4, 0.5) is 0 Å². The first kappa shape index (κ1) is 12.6. The van der Waals surface area contributed by atoms with Crippen LogP contribution in [0.25, 0.3) is 0 Å². The van der Waals surface area contributed by atoms with Crippen LogP contribution >= 0.6 is 27.3 Å². The minimum absolute atomic E-state index is 0.588. The number of alkyl halides is 1. The van der Waals surface area contributed by atoms with Crippen molar-refractivity contribution < 1.29 is 0 Å². The van der Waals surface area contributed by atoms with E-state index in [9.17, 15) is 0 Å². The fourth-order valence-corrected chi connectivity index (χ4v) is 4.89. The zero-order chi connectivity index (χ0) is 11.7. The third-order valence-corrected chi connectivity index (χ3v) is 6.07. The largest absolute Gasteiger partial charge is 0.146 e. The first-order valence-corrected chi connectivity index (χ1v) is 8.02. The molecule has 0 N–H and O–H groups in total. The highest BCUT2D eigenvalue weighted by molar-refractivity contribution is 9.09. The molecule has 1 unspecified atom stereocenters. The maximum atomic E-state index is 3.94. The van der Waals surface area contributed by atoms with E-state index in [4.69, 9.17) is 0 Å². The van der Waals surface area contributed by atoms with Crippen molar-refractivity contribution in [3.8, 4) is 0 Å². The van der Waals surface area contributed by atoms with E-state index >= 15 is 0 Å². The molecule has 0 amide bonds. The Morgan fingerprint density at radius 3 is 2.38 bits per heavy atom. The fourth-order valence-electron chi connectivity index (χ4n) is 2.76. The van der Waals surface area contributed by atoms with Gasteiger partial charge in [0.05, 0.1) is 0 Å². The highest BCUT2D eigenvalue weighted by Crippen LogP contribution is 2.44. The third-order valence-electron chi connectivity index (χ3n) is 3.85. The molecule has 0 aromatic carbocycles. The van der Waals surface area contributed by atoms with Gasteiger partial charge in [0.2, 0.25) is 0 Å². The van der Waals surface area contributed by atoms with Gasteiger partial charge < -0.3 is 0 Å². The smallest absolute Gasteiger partial charge is 0.0434 e. The van der Waals surface area contributed by atoms with Gasteiger partial charge in [-0.05, 0) is 50.2 Å². The van der Waals surface area contributed by atoms with Gasteiger partial charge >= 0.3 is 0 Å². The van der Waals surface area contributed by atoms with Crippen LogP contribution in [-0.2, 0) is 0 Å². The molecule has 1 heterocycles. The topological polar surface area (TPSA) is 0 Å². The highest BCUT2D eigenvalue weighted by atomic mass is 79.9. The van der Waals surface area contributed by atoms with Crippen molar-refractivity contribution in [2.75, 3.05) is 0 Å². The molecule has 1 fully saturated rings. The number of thiophene rings is 1. The van der Waals surface area contributed by atoms with Gasteiger partial charge in [-0.15, -0.1) is 11.3 Å². The minimum Gasteiger partial charge on any atom is -0.146 e. The molecule has 0 radical (unpaired) electrons. The van der Waals surface area contributed by atoms with E-state index in [1.807, 2.05) is 11.3 Å². The zero-order valence-electron chi connectivity index (χ0n) is 10.4. The Labute approximate surface area is 112 Å². The van der Waals surface area contributed by atoms with E-state index in [0.717, 1.165) is 11.8 Å². The Kier molecular flexibility index (Phi) is 4.12. The number of aryl methyl sites for hydroxylation is 2. The van der Waals surface area contributed by atoms with E-state index in [-0.39, 0.29) is 0 Å². The highest BCUT2D eigenvalue weighted by Gasteiger charge is 2.26. The Morgan fingerprint density at radius 1 is 1.25 bits per heavy atom. The van der Waals surface area contributed by atoms with Gasteiger partial charge in [0.15, 0.2) is 0 Å². The van der Waals surface area contributed by atoms with Gasteiger partial charge in [-0.1, -0.05) is 35.7 Å². The number of hydrogen-bond donors (Lipinski definition) is 0. The molecule has 2 heteroatoms. The third kappa shape index (κ3) is 2.70. The molecule has 0 nitrogen and oxygen atoms in total. The Morgan fingerprint density at radius 2 is 1.88 bits per heavy atom. The lowest BCUT2D eigenvalue weighted by Gasteiger charge is -2.29. The first-order chi connectivity index (χ1) is 7.58. The molecule has 90 valence electrons.